The van der Waals surface area contributed by atoms with Crippen molar-refractivity contribution in [3.63, 3.8) is 0 Å². The van der Waals surface area contributed by atoms with E-state index in [4.69, 9.17) is 14.5 Å². The maximum atomic E-state index is 13.1. The summed E-state index contributed by atoms with van der Waals surface area (Å²) in [6.45, 7) is 11.9. The minimum atomic E-state index is -0.248. The monoisotopic (exact) mass is 380 g/mol. The van der Waals surface area contributed by atoms with Crippen molar-refractivity contribution in [3.8, 4) is 0 Å². The van der Waals surface area contributed by atoms with Crippen LogP contribution in [0.25, 0.3) is 0 Å². The molecule has 0 amide bonds. The van der Waals surface area contributed by atoms with Crippen LogP contribution in [0.15, 0.2) is 29.3 Å². The molecule has 1 atom stereocenters. The van der Waals surface area contributed by atoms with Crippen LogP contribution in [0.5, 0.6) is 0 Å². The number of halogens is 1. The minimum absolute atomic E-state index is 0.0380. The fraction of sp³-hybridized carbons (Fsp3) is 0.650. The van der Waals surface area contributed by atoms with Crippen molar-refractivity contribution in [3.05, 3.63) is 35.6 Å². The molecular formula is C20H33FN4O2. The molecule has 1 saturated heterocycles. The molecule has 1 aliphatic heterocycles. The van der Waals surface area contributed by atoms with Gasteiger partial charge in [0.1, 0.15) is 5.82 Å². The fourth-order valence-corrected chi connectivity index (χ4v) is 3.09. The van der Waals surface area contributed by atoms with Gasteiger partial charge < -0.3 is 20.1 Å². The Morgan fingerprint density at radius 2 is 1.93 bits per heavy atom. The van der Waals surface area contributed by atoms with Gasteiger partial charge in [-0.25, -0.2) is 4.39 Å². The Bertz CT molecular complexity index is 586. The van der Waals surface area contributed by atoms with E-state index < -0.39 is 0 Å². The van der Waals surface area contributed by atoms with E-state index in [9.17, 15) is 4.39 Å². The molecular weight excluding hydrogens is 347 g/mol. The summed E-state index contributed by atoms with van der Waals surface area (Å²) in [5, 5.41) is 6.62. The highest BCUT2D eigenvalue weighted by atomic mass is 19.1. The van der Waals surface area contributed by atoms with Gasteiger partial charge in [-0.3, -0.25) is 9.89 Å². The first-order chi connectivity index (χ1) is 13.0. The average molecular weight is 381 g/mol. The highest BCUT2D eigenvalue weighted by Gasteiger charge is 2.28. The minimum Gasteiger partial charge on any atom is -0.379 e. The second-order valence-electron chi connectivity index (χ2n) is 7.26. The highest BCUT2D eigenvalue weighted by Crippen LogP contribution is 2.17. The molecule has 7 heteroatoms. The predicted octanol–water partition coefficient (Wildman–Crippen LogP) is 2.18. The van der Waals surface area contributed by atoms with E-state index in [0.717, 1.165) is 44.4 Å². The van der Waals surface area contributed by atoms with Crippen molar-refractivity contribution >= 4 is 5.96 Å². The molecule has 2 N–H and O–H groups in total. The Morgan fingerprint density at radius 1 is 1.26 bits per heavy atom. The van der Waals surface area contributed by atoms with Crippen molar-refractivity contribution in [1.82, 2.24) is 15.5 Å². The van der Waals surface area contributed by atoms with Gasteiger partial charge in [-0.15, -0.1) is 0 Å². The maximum Gasteiger partial charge on any atom is 0.191 e. The number of guanidine groups is 1. The molecule has 0 radical (unpaired) electrons. The van der Waals surface area contributed by atoms with Crippen LogP contribution < -0.4 is 10.6 Å². The molecule has 1 aromatic carbocycles. The Balaban J connectivity index is 1.96. The topological polar surface area (TPSA) is 58.1 Å². The normalized spacial score (nSPS) is 17.6. The number of aliphatic imine (C=N–C) groups is 1. The molecule has 0 bridgehead atoms. The molecule has 1 aliphatic rings. The predicted molar refractivity (Wildman–Crippen MR) is 107 cm³/mol. The molecule has 1 aromatic rings. The highest BCUT2D eigenvalue weighted by molar-refractivity contribution is 5.79. The standard InChI is InChI=1S/C20H33FN4O2/c1-5-22-19(24-15-20(2,3)25-10-12-27-13-11-25)23-14-18(26-4)16-6-8-17(21)9-7-16/h6-9,18H,5,10-15H2,1-4H3,(H2,22,23,24). The lowest BCUT2D eigenvalue weighted by atomic mass is 10.0. The Morgan fingerprint density at radius 3 is 2.52 bits per heavy atom. The molecule has 2 rings (SSSR count). The molecule has 6 nitrogen and oxygen atoms in total. The Kier molecular flexibility index (Phi) is 8.47. The number of morpholine rings is 1. The lowest BCUT2D eigenvalue weighted by Crippen LogP contribution is -2.52. The van der Waals surface area contributed by atoms with Gasteiger partial charge >= 0.3 is 0 Å². The quantitative estimate of drug-likeness (QED) is 0.535. The van der Waals surface area contributed by atoms with E-state index in [1.807, 2.05) is 6.92 Å². The first-order valence-electron chi connectivity index (χ1n) is 9.59. The van der Waals surface area contributed by atoms with Gasteiger partial charge in [-0.1, -0.05) is 12.1 Å². The molecule has 0 aromatic heterocycles. The first kappa shape index (κ1) is 21.6. The molecule has 152 valence electrons. The van der Waals surface area contributed by atoms with E-state index in [1.165, 1.54) is 12.1 Å². The van der Waals surface area contributed by atoms with Crippen molar-refractivity contribution in [1.29, 1.82) is 0 Å². The lowest BCUT2D eigenvalue weighted by molar-refractivity contribution is -0.00684. The number of hydrogen-bond donors (Lipinski definition) is 2. The number of ether oxygens (including phenoxy) is 2. The summed E-state index contributed by atoms with van der Waals surface area (Å²) in [5.41, 5.74) is 0.889. The van der Waals surface area contributed by atoms with Crippen molar-refractivity contribution in [2.75, 3.05) is 53.0 Å². The summed E-state index contributed by atoms with van der Waals surface area (Å²) in [6, 6.07) is 6.39. The van der Waals surface area contributed by atoms with Crippen LogP contribution in [0.4, 0.5) is 4.39 Å². The van der Waals surface area contributed by atoms with Crippen LogP contribution in [-0.2, 0) is 9.47 Å². The van der Waals surface area contributed by atoms with Gasteiger partial charge in [0.2, 0.25) is 0 Å². The first-order valence-corrected chi connectivity index (χ1v) is 9.59. The molecule has 0 saturated carbocycles. The molecule has 1 unspecified atom stereocenters. The third-order valence-corrected chi connectivity index (χ3v) is 4.82. The second-order valence-corrected chi connectivity index (χ2v) is 7.26. The average Bonchev–Trinajstić information content (AvgIpc) is 2.68. The van der Waals surface area contributed by atoms with E-state index in [1.54, 1.807) is 19.2 Å². The van der Waals surface area contributed by atoms with Crippen LogP contribution in [0.2, 0.25) is 0 Å². The lowest BCUT2D eigenvalue weighted by Gasteiger charge is -2.40. The van der Waals surface area contributed by atoms with Gasteiger partial charge in [0.25, 0.3) is 0 Å². The fourth-order valence-electron chi connectivity index (χ4n) is 3.09. The summed E-state index contributed by atoms with van der Waals surface area (Å²) >= 11 is 0. The molecule has 27 heavy (non-hydrogen) atoms. The van der Waals surface area contributed by atoms with Gasteiger partial charge in [0, 0.05) is 38.8 Å². The summed E-state index contributed by atoms with van der Waals surface area (Å²) in [4.78, 5) is 7.19. The van der Waals surface area contributed by atoms with E-state index >= 15 is 0 Å². The number of hydrogen-bond acceptors (Lipinski definition) is 4. The van der Waals surface area contributed by atoms with E-state index in [-0.39, 0.29) is 17.5 Å². The van der Waals surface area contributed by atoms with Crippen molar-refractivity contribution in [2.45, 2.75) is 32.4 Å². The van der Waals surface area contributed by atoms with Crippen molar-refractivity contribution < 1.29 is 13.9 Å². The number of rotatable bonds is 8. The summed E-state index contributed by atoms with van der Waals surface area (Å²) in [5.74, 6) is 0.504. The maximum absolute atomic E-state index is 13.1. The Hall–Kier alpha value is -1.70. The Labute approximate surface area is 162 Å². The van der Waals surface area contributed by atoms with Crippen LogP contribution in [0.3, 0.4) is 0 Å². The smallest absolute Gasteiger partial charge is 0.191 e. The number of benzene rings is 1. The summed E-state index contributed by atoms with van der Waals surface area (Å²) < 4.78 is 24.1. The number of nitrogens with zero attached hydrogens (tertiary/aromatic N) is 2. The van der Waals surface area contributed by atoms with Crippen LogP contribution in [-0.4, -0.2) is 69.4 Å². The third-order valence-electron chi connectivity index (χ3n) is 4.82. The van der Waals surface area contributed by atoms with Crippen LogP contribution in [0.1, 0.15) is 32.4 Å². The van der Waals surface area contributed by atoms with Crippen molar-refractivity contribution in [2.24, 2.45) is 4.99 Å². The van der Waals surface area contributed by atoms with Gasteiger partial charge in [0.05, 0.1) is 25.9 Å². The largest absolute Gasteiger partial charge is 0.379 e. The van der Waals surface area contributed by atoms with Crippen LogP contribution >= 0.6 is 0 Å². The molecule has 1 heterocycles. The van der Waals surface area contributed by atoms with Crippen LogP contribution in [0, 0.1) is 5.82 Å². The SMILES string of the molecule is CCNC(=NCC(C)(C)N1CCOCC1)NCC(OC)c1ccc(F)cc1. The van der Waals surface area contributed by atoms with Gasteiger partial charge in [-0.2, -0.15) is 0 Å². The summed E-state index contributed by atoms with van der Waals surface area (Å²) in [7, 11) is 1.65. The summed E-state index contributed by atoms with van der Waals surface area (Å²) in [6.07, 6.45) is -0.179. The van der Waals surface area contributed by atoms with Gasteiger partial charge in [-0.05, 0) is 38.5 Å². The van der Waals surface area contributed by atoms with Gasteiger partial charge in [0.15, 0.2) is 5.96 Å². The molecule has 0 aliphatic carbocycles. The second kappa shape index (κ2) is 10.6. The third kappa shape index (κ3) is 6.75. The zero-order chi connectivity index (χ0) is 19.7. The number of nitrogens with one attached hydrogen (secondary N) is 2. The number of methoxy groups -OCH3 is 1. The zero-order valence-corrected chi connectivity index (χ0v) is 16.9. The molecule has 1 fully saturated rings. The van der Waals surface area contributed by atoms with E-state index in [2.05, 4.69) is 29.4 Å². The van der Waals surface area contributed by atoms with E-state index in [0.29, 0.717) is 13.1 Å². The molecule has 0 spiro atoms. The zero-order valence-electron chi connectivity index (χ0n) is 16.9.